The highest BCUT2D eigenvalue weighted by Gasteiger charge is 2.69. The number of carbonyl (C=O) groups excluding carboxylic acids is 3. The summed E-state index contributed by atoms with van der Waals surface area (Å²) < 4.78 is 5.43. The molecule has 4 unspecified atom stereocenters. The maximum Gasteiger partial charge on any atom is 0.331 e. The Morgan fingerprint density at radius 2 is 1.89 bits per heavy atom. The molecule has 28 heavy (non-hydrogen) atoms. The number of amides is 2. The maximum atomic E-state index is 13.3. The van der Waals surface area contributed by atoms with Gasteiger partial charge in [0.05, 0.1) is 24.5 Å². The van der Waals surface area contributed by atoms with Crippen molar-refractivity contribution in [3.63, 3.8) is 0 Å². The average molecular weight is 398 g/mol. The molecule has 0 bridgehead atoms. The number of ether oxygens (including phenoxy) is 1. The summed E-state index contributed by atoms with van der Waals surface area (Å²) in [6.07, 6.45) is 0. The molecule has 2 aliphatic rings. The number of hydrogen-bond donors (Lipinski definition) is 1. The van der Waals surface area contributed by atoms with Crippen LogP contribution >= 0.6 is 11.3 Å². The minimum absolute atomic E-state index is 0.190. The number of thiophene rings is 1. The minimum Gasteiger partial charge on any atom is -0.464 e. The van der Waals surface area contributed by atoms with Crippen molar-refractivity contribution < 1.29 is 19.1 Å². The summed E-state index contributed by atoms with van der Waals surface area (Å²) in [5.74, 6) is -2.55. The van der Waals surface area contributed by atoms with Gasteiger partial charge in [-0.2, -0.15) is 0 Å². The van der Waals surface area contributed by atoms with Gasteiger partial charge in [-0.15, -0.1) is 11.3 Å². The number of carbonyl (C=O) groups is 3. The molecule has 7 heteroatoms. The molecule has 6 nitrogen and oxygen atoms in total. The number of likely N-dealkylation sites (tertiary alicyclic amines) is 1. The maximum absolute atomic E-state index is 13.3. The Morgan fingerprint density at radius 1 is 1.14 bits per heavy atom. The molecule has 2 saturated heterocycles. The van der Waals surface area contributed by atoms with Gasteiger partial charge in [-0.3, -0.25) is 19.8 Å². The standard InChI is InChI=1S/C21H22N2O4S/c1-3-23-18(24)15-16(19(23)25)21(20(26)27-4-2,13-9-6-5-7-10-13)22-17(15)14-11-8-12-28-14/h5-12,15-17,22H,3-4H2,1-2H3. The summed E-state index contributed by atoms with van der Waals surface area (Å²) in [6.45, 7) is 3.99. The van der Waals surface area contributed by atoms with Gasteiger partial charge in [0, 0.05) is 11.4 Å². The van der Waals surface area contributed by atoms with Crippen LogP contribution in [0.5, 0.6) is 0 Å². The van der Waals surface area contributed by atoms with E-state index in [1.54, 1.807) is 13.8 Å². The number of hydrogen-bond acceptors (Lipinski definition) is 6. The first-order valence-electron chi connectivity index (χ1n) is 9.45. The Kier molecular flexibility index (Phi) is 4.81. The van der Waals surface area contributed by atoms with Gasteiger partial charge < -0.3 is 4.74 Å². The van der Waals surface area contributed by atoms with Crippen LogP contribution in [-0.4, -0.2) is 35.8 Å². The molecule has 0 spiro atoms. The van der Waals surface area contributed by atoms with E-state index in [-0.39, 0.29) is 25.0 Å². The Labute approximate surface area is 167 Å². The largest absolute Gasteiger partial charge is 0.464 e. The highest BCUT2D eigenvalue weighted by molar-refractivity contribution is 7.10. The summed E-state index contributed by atoms with van der Waals surface area (Å²) in [5.41, 5.74) is -0.755. The number of nitrogens with one attached hydrogen (secondary N) is 1. The van der Waals surface area contributed by atoms with Crippen LogP contribution in [0.1, 0.15) is 30.3 Å². The van der Waals surface area contributed by atoms with E-state index in [0.717, 1.165) is 4.88 Å². The molecule has 1 aromatic carbocycles. The number of rotatable bonds is 5. The summed E-state index contributed by atoms with van der Waals surface area (Å²) >= 11 is 1.51. The minimum atomic E-state index is -1.40. The van der Waals surface area contributed by atoms with Crippen molar-refractivity contribution in [3.8, 4) is 0 Å². The van der Waals surface area contributed by atoms with E-state index >= 15 is 0 Å². The van der Waals surface area contributed by atoms with Crippen LogP contribution in [0.3, 0.4) is 0 Å². The van der Waals surface area contributed by atoms with E-state index in [4.69, 9.17) is 4.74 Å². The fourth-order valence-electron chi connectivity index (χ4n) is 4.51. The fraction of sp³-hybridized carbons (Fsp3) is 0.381. The fourth-order valence-corrected chi connectivity index (χ4v) is 5.33. The molecule has 1 aromatic heterocycles. The lowest BCUT2D eigenvalue weighted by molar-refractivity contribution is -0.157. The van der Waals surface area contributed by atoms with Crippen molar-refractivity contribution in [2.24, 2.45) is 11.8 Å². The zero-order valence-corrected chi connectivity index (χ0v) is 16.6. The second kappa shape index (κ2) is 7.14. The molecule has 2 aliphatic heterocycles. The molecule has 4 atom stereocenters. The molecule has 1 N–H and O–H groups in total. The summed E-state index contributed by atoms with van der Waals surface area (Å²) in [7, 11) is 0. The molecule has 2 fully saturated rings. The van der Waals surface area contributed by atoms with Gasteiger partial charge in [0.2, 0.25) is 11.8 Å². The van der Waals surface area contributed by atoms with Crippen molar-refractivity contribution in [3.05, 3.63) is 58.3 Å². The Balaban J connectivity index is 1.93. The molecule has 0 saturated carbocycles. The van der Waals surface area contributed by atoms with Gasteiger partial charge >= 0.3 is 5.97 Å². The zero-order valence-electron chi connectivity index (χ0n) is 15.8. The first kappa shape index (κ1) is 18.8. The van der Waals surface area contributed by atoms with Gasteiger partial charge in [0.1, 0.15) is 0 Å². The van der Waals surface area contributed by atoms with Gasteiger partial charge in [0.25, 0.3) is 0 Å². The quantitative estimate of drug-likeness (QED) is 0.619. The molecule has 3 heterocycles. The van der Waals surface area contributed by atoms with Crippen LogP contribution in [0, 0.1) is 11.8 Å². The van der Waals surface area contributed by atoms with E-state index < -0.39 is 29.4 Å². The van der Waals surface area contributed by atoms with E-state index in [0.29, 0.717) is 5.56 Å². The summed E-state index contributed by atoms with van der Waals surface area (Å²) in [6, 6.07) is 12.5. The Hall–Kier alpha value is -2.51. The van der Waals surface area contributed by atoms with E-state index in [9.17, 15) is 14.4 Å². The predicted molar refractivity (Wildman–Crippen MR) is 104 cm³/mol. The van der Waals surface area contributed by atoms with Crippen molar-refractivity contribution in [1.29, 1.82) is 0 Å². The lowest BCUT2D eigenvalue weighted by atomic mass is 9.75. The third kappa shape index (κ3) is 2.53. The number of esters is 1. The molecule has 4 rings (SSSR count). The summed E-state index contributed by atoms with van der Waals surface area (Å²) in [5, 5.41) is 5.31. The first-order chi connectivity index (χ1) is 13.6. The second-order valence-electron chi connectivity index (χ2n) is 6.96. The first-order valence-corrected chi connectivity index (χ1v) is 10.3. The molecular formula is C21H22N2O4S. The summed E-state index contributed by atoms with van der Waals surface area (Å²) in [4.78, 5) is 42.0. The molecule has 146 valence electrons. The molecule has 2 amide bonds. The van der Waals surface area contributed by atoms with Crippen molar-refractivity contribution in [2.75, 3.05) is 13.2 Å². The lowest BCUT2D eigenvalue weighted by Gasteiger charge is -2.33. The van der Waals surface area contributed by atoms with Gasteiger partial charge in [-0.05, 0) is 30.9 Å². The van der Waals surface area contributed by atoms with Crippen LogP contribution < -0.4 is 5.32 Å². The van der Waals surface area contributed by atoms with Crippen molar-refractivity contribution >= 4 is 29.1 Å². The normalized spacial score (nSPS) is 29.2. The third-order valence-corrected chi connectivity index (χ3v) is 6.60. The number of imide groups is 1. The molecule has 0 radical (unpaired) electrons. The molecule has 0 aliphatic carbocycles. The monoisotopic (exact) mass is 398 g/mol. The van der Waals surface area contributed by atoms with Gasteiger partial charge in [0.15, 0.2) is 5.54 Å². The van der Waals surface area contributed by atoms with Crippen LogP contribution in [0.25, 0.3) is 0 Å². The molecule has 2 aromatic rings. The van der Waals surface area contributed by atoms with Crippen molar-refractivity contribution in [1.82, 2.24) is 10.2 Å². The van der Waals surface area contributed by atoms with Gasteiger partial charge in [-0.1, -0.05) is 36.4 Å². The van der Waals surface area contributed by atoms with Gasteiger partial charge in [-0.25, -0.2) is 4.79 Å². The SMILES string of the molecule is CCOC(=O)C1(c2ccccc2)NC(c2cccs2)C2C(=O)N(CC)C(=O)C21. The molecular weight excluding hydrogens is 376 g/mol. The zero-order chi connectivity index (χ0) is 19.9. The topological polar surface area (TPSA) is 75.7 Å². The van der Waals surface area contributed by atoms with Crippen LogP contribution in [0.15, 0.2) is 47.8 Å². The number of fused-ring (bicyclic) bond motifs is 1. The Morgan fingerprint density at radius 3 is 2.50 bits per heavy atom. The van der Waals surface area contributed by atoms with Crippen LogP contribution in [0.2, 0.25) is 0 Å². The highest BCUT2D eigenvalue weighted by atomic mass is 32.1. The predicted octanol–water partition coefficient (Wildman–Crippen LogP) is 2.47. The average Bonchev–Trinajstić information content (AvgIpc) is 3.40. The van der Waals surface area contributed by atoms with E-state index in [1.165, 1.54) is 16.2 Å². The Bertz CT molecular complexity index is 898. The number of nitrogens with zero attached hydrogens (tertiary/aromatic N) is 1. The van der Waals surface area contributed by atoms with E-state index in [1.807, 2.05) is 47.8 Å². The number of benzene rings is 1. The smallest absolute Gasteiger partial charge is 0.331 e. The van der Waals surface area contributed by atoms with E-state index in [2.05, 4.69) is 5.32 Å². The third-order valence-electron chi connectivity index (χ3n) is 5.64. The van der Waals surface area contributed by atoms with Crippen LogP contribution in [-0.2, 0) is 24.7 Å². The second-order valence-corrected chi connectivity index (χ2v) is 7.94. The van der Waals surface area contributed by atoms with Crippen molar-refractivity contribution in [2.45, 2.75) is 25.4 Å². The highest BCUT2D eigenvalue weighted by Crippen LogP contribution is 2.53. The van der Waals surface area contributed by atoms with Crippen LogP contribution in [0.4, 0.5) is 0 Å². The lowest BCUT2D eigenvalue weighted by Crippen LogP contribution is -2.53.